The lowest BCUT2D eigenvalue weighted by Crippen LogP contribution is -2.09. The quantitative estimate of drug-likeness (QED) is 0.736. The molecule has 24 heavy (non-hydrogen) atoms. The number of ether oxygens (including phenoxy) is 1. The van der Waals surface area contributed by atoms with E-state index >= 15 is 0 Å². The van der Waals surface area contributed by atoms with Gasteiger partial charge in [-0.05, 0) is 43.7 Å². The van der Waals surface area contributed by atoms with E-state index in [0.29, 0.717) is 17.0 Å². The smallest absolute Gasteiger partial charge is 0.339 e. The van der Waals surface area contributed by atoms with Crippen LogP contribution in [0, 0.1) is 6.92 Å². The van der Waals surface area contributed by atoms with Crippen molar-refractivity contribution in [3.8, 4) is 17.1 Å². The number of carbonyl (C=O) groups excluding carboxylic acids is 1. The second-order valence-corrected chi connectivity index (χ2v) is 5.25. The van der Waals surface area contributed by atoms with Crippen molar-refractivity contribution in [2.75, 3.05) is 0 Å². The maximum atomic E-state index is 12.1. The van der Waals surface area contributed by atoms with Crippen molar-refractivity contribution in [3.63, 3.8) is 0 Å². The number of aromatic hydroxyl groups is 1. The molecular formula is C17H15N3O4. The zero-order chi connectivity index (χ0) is 17.1. The minimum atomic E-state index is -0.723. The molecule has 122 valence electrons. The van der Waals surface area contributed by atoms with Crippen LogP contribution in [0.5, 0.6) is 5.75 Å². The fourth-order valence-corrected chi connectivity index (χ4v) is 2.03. The molecule has 1 aromatic carbocycles. The van der Waals surface area contributed by atoms with Crippen LogP contribution in [0.15, 0.2) is 47.2 Å². The largest absolute Gasteiger partial charge is 0.508 e. The maximum absolute atomic E-state index is 12.1. The molecule has 1 N–H and O–H groups in total. The van der Waals surface area contributed by atoms with E-state index in [1.54, 1.807) is 50.5 Å². The number of hydrogen-bond acceptors (Lipinski definition) is 7. The Kier molecular flexibility index (Phi) is 4.24. The standard InChI is InChI=1S/C17H15N3O4/c1-10-5-6-12(8-14(10)21)17(22)23-11(2)16-19-15(20-24-16)13-4-3-7-18-9-13/h3-9,11,21H,1-2H3/t11-/m1/s1. The van der Waals surface area contributed by atoms with Gasteiger partial charge in [-0.25, -0.2) is 4.79 Å². The van der Waals surface area contributed by atoms with Crippen LogP contribution in [0.4, 0.5) is 0 Å². The molecule has 0 bridgehead atoms. The second-order valence-electron chi connectivity index (χ2n) is 5.25. The average molecular weight is 325 g/mol. The van der Waals surface area contributed by atoms with Crippen molar-refractivity contribution in [2.45, 2.75) is 20.0 Å². The number of pyridine rings is 1. The number of aromatic nitrogens is 3. The molecule has 0 unspecified atom stereocenters. The van der Waals surface area contributed by atoms with Crippen LogP contribution in [0.2, 0.25) is 0 Å². The average Bonchev–Trinajstić information content (AvgIpc) is 3.08. The summed E-state index contributed by atoms with van der Waals surface area (Å²) in [7, 11) is 0. The first-order chi connectivity index (χ1) is 11.5. The predicted octanol–water partition coefficient (Wildman–Crippen LogP) is 3.06. The Bertz CT molecular complexity index is 861. The number of phenolic OH excluding ortho intramolecular Hbond substituents is 1. The molecule has 0 fully saturated rings. The van der Waals surface area contributed by atoms with Crippen LogP contribution in [-0.2, 0) is 4.74 Å². The van der Waals surface area contributed by atoms with Crippen LogP contribution < -0.4 is 0 Å². The highest BCUT2D eigenvalue weighted by Gasteiger charge is 2.20. The van der Waals surface area contributed by atoms with Gasteiger partial charge in [0.2, 0.25) is 5.82 Å². The molecule has 1 atom stereocenters. The van der Waals surface area contributed by atoms with Crippen LogP contribution in [0.25, 0.3) is 11.4 Å². The summed E-state index contributed by atoms with van der Waals surface area (Å²) in [5.41, 5.74) is 1.63. The highest BCUT2D eigenvalue weighted by atomic mass is 16.6. The minimum absolute atomic E-state index is 0.0359. The van der Waals surface area contributed by atoms with Gasteiger partial charge < -0.3 is 14.4 Å². The molecule has 0 aliphatic carbocycles. The van der Waals surface area contributed by atoms with E-state index in [0.717, 1.165) is 0 Å². The molecule has 3 aromatic rings. The molecular weight excluding hydrogens is 310 g/mol. The number of carbonyl (C=O) groups is 1. The summed E-state index contributed by atoms with van der Waals surface area (Å²) in [6, 6.07) is 8.15. The number of hydrogen-bond donors (Lipinski definition) is 1. The first-order valence-electron chi connectivity index (χ1n) is 7.29. The van der Waals surface area contributed by atoms with Crippen LogP contribution in [0.3, 0.4) is 0 Å². The Labute approximate surface area is 137 Å². The van der Waals surface area contributed by atoms with Gasteiger partial charge in [0, 0.05) is 18.0 Å². The monoisotopic (exact) mass is 325 g/mol. The van der Waals surface area contributed by atoms with Gasteiger partial charge in [0.1, 0.15) is 5.75 Å². The molecule has 0 saturated carbocycles. The highest BCUT2D eigenvalue weighted by molar-refractivity contribution is 5.90. The SMILES string of the molecule is Cc1ccc(C(=O)O[C@H](C)c2nc(-c3cccnc3)no2)cc1O. The number of rotatable bonds is 4. The molecule has 0 aliphatic rings. The van der Waals surface area contributed by atoms with Crippen molar-refractivity contribution in [3.05, 3.63) is 59.7 Å². The molecule has 0 spiro atoms. The Balaban J connectivity index is 1.73. The third kappa shape index (κ3) is 3.24. The van der Waals surface area contributed by atoms with Crippen LogP contribution >= 0.6 is 0 Å². The van der Waals surface area contributed by atoms with Crippen LogP contribution in [-0.4, -0.2) is 26.2 Å². The van der Waals surface area contributed by atoms with Gasteiger partial charge >= 0.3 is 5.97 Å². The number of aryl methyl sites for hydroxylation is 1. The van der Waals surface area contributed by atoms with Gasteiger partial charge in [-0.2, -0.15) is 4.98 Å². The van der Waals surface area contributed by atoms with Crippen molar-refractivity contribution < 1.29 is 19.2 Å². The third-order valence-corrected chi connectivity index (χ3v) is 3.44. The summed E-state index contributed by atoms with van der Waals surface area (Å²) in [5, 5.41) is 13.5. The van der Waals surface area contributed by atoms with E-state index < -0.39 is 12.1 Å². The lowest BCUT2D eigenvalue weighted by molar-refractivity contribution is 0.0265. The molecule has 7 heteroatoms. The van der Waals surface area contributed by atoms with Gasteiger partial charge in [0.25, 0.3) is 5.89 Å². The first-order valence-corrected chi connectivity index (χ1v) is 7.29. The summed E-state index contributed by atoms with van der Waals surface area (Å²) in [4.78, 5) is 20.3. The summed E-state index contributed by atoms with van der Waals surface area (Å²) >= 11 is 0. The third-order valence-electron chi connectivity index (χ3n) is 3.44. The summed E-state index contributed by atoms with van der Waals surface area (Å²) in [5.74, 6) is 0.000186. The lowest BCUT2D eigenvalue weighted by Gasteiger charge is -2.09. The van der Waals surface area contributed by atoms with Crippen molar-refractivity contribution >= 4 is 5.97 Å². The number of benzene rings is 1. The summed E-state index contributed by atoms with van der Waals surface area (Å²) in [6.07, 6.45) is 2.53. The van der Waals surface area contributed by atoms with Crippen molar-refractivity contribution in [1.29, 1.82) is 0 Å². The Morgan fingerprint density at radius 1 is 1.33 bits per heavy atom. The fraction of sp³-hybridized carbons (Fsp3) is 0.176. The van der Waals surface area contributed by atoms with E-state index in [2.05, 4.69) is 15.1 Å². The van der Waals surface area contributed by atoms with Gasteiger partial charge in [-0.3, -0.25) is 4.98 Å². The highest BCUT2D eigenvalue weighted by Crippen LogP contribution is 2.23. The van der Waals surface area contributed by atoms with E-state index in [4.69, 9.17) is 9.26 Å². The fourth-order valence-electron chi connectivity index (χ4n) is 2.03. The van der Waals surface area contributed by atoms with E-state index in [-0.39, 0.29) is 17.2 Å². The Hall–Kier alpha value is -3.22. The summed E-state index contributed by atoms with van der Waals surface area (Å²) < 4.78 is 10.4. The van der Waals surface area contributed by atoms with Crippen molar-refractivity contribution in [1.82, 2.24) is 15.1 Å². The number of nitrogens with zero attached hydrogens (tertiary/aromatic N) is 3. The van der Waals surface area contributed by atoms with Gasteiger partial charge in [-0.1, -0.05) is 11.2 Å². The zero-order valence-corrected chi connectivity index (χ0v) is 13.1. The molecule has 0 aliphatic heterocycles. The van der Waals surface area contributed by atoms with Crippen LogP contribution in [0.1, 0.15) is 34.8 Å². The minimum Gasteiger partial charge on any atom is -0.508 e. The molecule has 0 radical (unpaired) electrons. The second kappa shape index (κ2) is 6.49. The Morgan fingerprint density at radius 3 is 2.88 bits per heavy atom. The topological polar surface area (TPSA) is 98.3 Å². The summed E-state index contributed by atoms with van der Waals surface area (Å²) in [6.45, 7) is 3.37. The first kappa shape index (κ1) is 15.7. The normalized spacial score (nSPS) is 11.9. The van der Waals surface area contributed by atoms with E-state index in [1.165, 1.54) is 6.07 Å². The number of esters is 1. The molecule has 0 saturated heterocycles. The molecule has 2 heterocycles. The Morgan fingerprint density at radius 2 is 2.17 bits per heavy atom. The maximum Gasteiger partial charge on any atom is 0.339 e. The lowest BCUT2D eigenvalue weighted by atomic mass is 10.1. The van der Waals surface area contributed by atoms with Crippen molar-refractivity contribution in [2.24, 2.45) is 0 Å². The molecule has 0 amide bonds. The molecule has 3 rings (SSSR count). The van der Waals surface area contributed by atoms with Gasteiger partial charge in [0.15, 0.2) is 6.10 Å². The van der Waals surface area contributed by atoms with E-state index in [1.807, 2.05) is 0 Å². The van der Waals surface area contributed by atoms with E-state index in [9.17, 15) is 9.90 Å². The number of phenols is 1. The predicted molar refractivity (Wildman–Crippen MR) is 84.2 cm³/mol. The zero-order valence-electron chi connectivity index (χ0n) is 13.1. The van der Waals surface area contributed by atoms with Gasteiger partial charge in [0.05, 0.1) is 5.56 Å². The van der Waals surface area contributed by atoms with Gasteiger partial charge in [-0.15, -0.1) is 0 Å². The molecule has 7 nitrogen and oxygen atoms in total. The molecule has 2 aromatic heterocycles.